The molecule has 2 N–H and O–H groups in total. The predicted molar refractivity (Wildman–Crippen MR) is 162 cm³/mol. The lowest BCUT2D eigenvalue weighted by Crippen LogP contribution is -2.50. The Bertz CT molecular complexity index is 1850. The zero-order valence-corrected chi connectivity index (χ0v) is 25.4. The quantitative estimate of drug-likeness (QED) is 0.149. The van der Waals surface area contributed by atoms with Gasteiger partial charge in [-0.05, 0) is 53.1 Å². The highest BCUT2D eigenvalue weighted by Gasteiger charge is 2.39. The molecule has 49 heavy (non-hydrogen) atoms. The van der Waals surface area contributed by atoms with Crippen LogP contribution in [0.15, 0.2) is 109 Å². The lowest BCUT2D eigenvalue weighted by atomic mass is 9.77. The molecule has 0 saturated heterocycles. The van der Waals surface area contributed by atoms with E-state index in [9.17, 15) is 44.3 Å². The zero-order chi connectivity index (χ0) is 35.5. The summed E-state index contributed by atoms with van der Waals surface area (Å²) in [6.07, 6.45) is -15.0. The monoisotopic (exact) mass is 711 g/mol. The van der Waals surface area contributed by atoms with Crippen molar-refractivity contribution in [3.05, 3.63) is 131 Å². The van der Waals surface area contributed by atoms with E-state index in [2.05, 4.69) is 25.1 Å². The molecular weight excluding hydrogens is 689 g/mol. The van der Waals surface area contributed by atoms with Crippen LogP contribution in [-0.2, 0) is 18.1 Å². The summed E-state index contributed by atoms with van der Waals surface area (Å²) < 4.78 is 127. The summed E-state index contributed by atoms with van der Waals surface area (Å²) >= 11 is 0.871. The van der Waals surface area contributed by atoms with E-state index < -0.39 is 47.5 Å². The fourth-order valence-corrected chi connectivity index (χ4v) is 5.73. The molecule has 0 atom stereocenters. The van der Waals surface area contributed by atoms with Gasteiger partial charge in [-0.25, -0.2) is 9.78 Å². The van der Waals surface area contributed by atoms with Gasteiger partial charge in [-0.15, -0.1) is 37.7 Å². The molecule has 0 aliphatic heterocycles. The Balaban J connectivity index is 1.58. The van der Waals surface area contributed by atoms with Gasteiger partial charge in [0.15, 0.2) is 5.13 Å². The molecule has 16 heteroatoms. The number of hydrogen-bond acceptors (Lipinski definition) is 5. The number of benzene rings is 4. The third kappa shape index (κ3) is 9.22. The highest BCUT2D eigenvalue weighted by Crippen LogP contribution is 2.39. The van der Waals surface area contributed by atoms with Crippen LogP contribution < -0.4 is 20.1 Å². The first-order chi connectivity index (χ1) is 23.0. The van der Waals surface area contributed by atoms with Crippen molar-refractivity contribution in [1.29, 1.82) is 0 Å². The average Bonchev–Trinajstić information content (AvgIpc) is 3.48. The molecule has 0 aliphatic rings. The van der Waals surface area contributed by atoms with Crippen molar-refractivity contribution < 1.29 is 53.8 Å². The molecule has 5 aromatic rings. The number of halogens is 9. The largest absolute Gasteiger partial charge is 0.573 e. The van der Waals surface area contributed by atoms with Crippen LogP contribution in [0.2, 0.25) is 0 Å². The van der Waals surface area contributed by atoms with Crippen molar-refractivity contribution in [3.8, 4) is 22.8 Å². The number of rotatable bonds is 9. The SMILES string of the molecule is O=C(Nc1nc(-c2cccc(C(F)(F)F)c2)cs1)NC(Cc1ccccc1)(c1cccc(OC(F)(F)F)c1)c1cccc(OC(F)(F)F)c1. The molecule has 0 bridgehead atoms. The van der Waals surface area contributed by atoms with Gasteiger partial charge in [-0.1, -0.05) is 66.7 Å². The van der Waals surface area contributed by atoms with Gasteiger partial charge >= 0.3 is 24.9 Å². The van der Waals surface area contributed by atoms with E-state index in [0.29, 0.717) is 5.56 Å². The molecule has 1 aromatic heterocycles. The van der Waals surface area contributed by atoms with Crippen molar-refractivity contribution in [2.24, 2.45) is 0 Å². The Kier molecular flexibility index (Phi) is 9.80. The molecule has 2 amide bonds. The number of thiazole rings is 1. The van der Waals surface area contributed by atoms with E-state index in [1.165, 1.54) is 41.8 Å². The molecule has 4 aromatic carbocycles. The first kappa shape index (κ1) is 35.1. The van der Waals surface area contributed by atoms with Crippen LogP contribution >= 0.6 is 11.3 Å². The number of nitrogens with zero attached hydrogens (tertiary/aromatic N) is 1. The van der Waals surface area contributed by atoms with Gasteiger partial charge in [-0.2, -0.15) is 13.2 Å². The van der Waals surface area contributed by atoms with Crippen LogP contribution in [0.1, 0.15) is 22.3 Å². The summed E-state index contributed by atoms with van der Waals surface area (Å²) in [6.45, 7) is 0. The molecule has 5 rings (SSSR count). The minimum absolute atomic E-state index is 0.0128. The molecule has 0 saturated carbocycles. The molecule has 0 aliphatic carbocycles. The number of carbonyl (C=O) groups excluding carboxylic acids is 1. The third-order valence-corrected chi connectivity index (χ3v) is 7.73. The topological polar surface area (TPSA) is 72.5 Å². The Morgan fingerprint density at radius 2 is 1.22 bits per heavy atom. The Morgan fingerprint density at radius 3 is 1.78 bits per heavy atom. The molecule has 0 unspecified atom stereocenters. The van der Waals surface area contributed by atoms with E-state index in [0.717, 1.165) is 47.7 Å². The number of carbonyl (C=O) groups is 1. The van der Waals surface area contributed by atoms with E-state index in [1.54, 1.807) is 30.3 Å². The van der Waals surface area contributed by atoms with Crippen molar-refractivity contribution in [2.75, 3.05) is 5.32 Å². The fraction of sp³-hybridized carbons (Fsp3) is 0.152. The number of urea groups is 1. The minimum Gasteiger partial charge on any atom is -0.406 e. The van der Waals surface area contributed by atoms with Gasteiger partial charge < -0.3 is 14.8 Å². The number of hydrogen-bond donors (Lipinski definition) is 2. The number of amides is 2. The highest BCUT2D eigenvalue weighted by molar-refractivity contribution is 7.14. The Morgan fingerprint density at radius 1 is 0.673 bits per heavy atom. The molecule has 0 spiro atoms. The van der Waals surface area contributed by atoms with Crippen LogP contribution in [0.5, 0.6) is 11.5 Å². The van der Waals surface area contributed by atoms with Crippen LogP contribution in [0.4, 0.5) is 49.4 Å². The van der Waals surface area contributed by atoms with Crippen molar-refractivity contribution in [3.63, 3.8) is 0 Å². The van der Waals surface area contributed by atoms with Crippen molar-refractivity contribution >= 4 is 22.5 Å². The molecule has 1 heterocycles. The van der Waals surface area contributed by atoms with Crippen LogP contribution in [0.3, 0.4) is 0 Å². The van der Waals surface area contributed by atoms with Crippen LogP contribution in [-0.4, -0.2) is 23.7 Å². The normalized spacial score (nSPS) is 12.3. The molecule has 0 fully saturated rings. The lowest BCUT2D eigenvalue weighted by Gasteiger charge is -2.37. The highest BCUT2D eigenvalue weighted by atomic mass is 32.1. The standard InChI is InChI=1S/C33H22F9N3O3S/c34-31(35,36)24-12-4-9-21(15-24)27-19-49-29(43-27)44-28(46)45-30(18-20-7-2-1-3-8-20,22-10-5-13-25(16-22)47-32(37,38)39)23-11-6-14-26(17-23)48-33(40,41)42/h1-17,19H,18H2,(H2,43,44,45,46). The number of anilines is 1. The van der Waals surface area contributed by atoms with Gasteiger partial charge in [0.25, 0.3) is 0 Å². The summed E-state index contributed by atoms with van der Waals surface area (Å²) in [5, 5.41) is 6.52. The molecular formula is C33H22F9N3O3S. The maximum Gasteiger partial charge on any atom is 0.573 e. The number of alkyl halides is 9. The van der Waals surface area contributed by atoms with Gasteiger partial charge in [0.05, 0.1) is 16.8 Å². The van der Waals surface area contributed by atoms with E-state index in [4.69, 9.17) is 0 Å². The maximum atomic E-state index is 13.7. The summed E-state index contributed by atoms with van der Waals surface area (Å²) in [6, 6.07) is 20.8. The van der Waals surface area contributed by atoms with E-state index in [1.807, 2.05) is 0 Å². The Labute approximate surface area is 276 Å². The lowest BCUT2D eigenvalue weighted by molar-refractivity contribution is -0.275. The minimum atomic E-state index is -5.09. The summed E-state index contributed by atoms with van der Waals surface area (Å²) in [5.74, 6) is -1.34. The third-order valence-electron chi connectivity index (χ3n) is 6.97. The van der Waals surface area contributed by atoms with Gasteiger partial charge in [0.2, 0.25) is 0 Å². The van der Waals surface area contributed by atoms with E-state index >= 15 is 0 Å². The second-order valence-electron chi connectivity index (χ2n) is 10.4. The van der Waals surface area contributed by atoms with E-state index in [-0.39, 0.29) is 33.9 Å². The second-order valence-corrected chi connectivity index (χ2v) is 11.3. The summed E-state index contributed by atoms with van der Waals surface area (Å²) in [7, 11) is 0. The smallest absolute Gasteiger partial charge is 0.406 e. The van der Waals surface area contributed by atoms with Crippen LogP contribution in [0, 0.1) is 0 Å². The molecule has 0 radical (unpaired) electrons. The van der Waals surface area contributed by atoms with Crippen LogP contribution in [0.25, 0.3) is 11.3 Å². The zero-order valence-electron chi connectivity index (χ0n) is 24.6. The van der Waals surface area contributed by atoms with Gasteiger partial charge in [0, 0.05) is 17.4 Å². The average molecular weight is 712 g/mol. The van der Waals surface area contributed by atoms with Crippen molar-refractivity contribution in [1.82, 2.24) is 10.3 Å². The second kappa shape index (κ2) is 13.7. The fourth-order valence-electron chi connectivity index (χ4n) is 5.02. The maximum absolute atomic E-state index is 13.7. The number of nitrogens with one attached hydrogen (secondary N) is 2. The molecule has 6 nitrogen and oxygen atoms in total. The van der Waals surface area contributed by atoms with Crippen molar-refractivity contribution in [2.45, 2.75) is 30.9 Å². The van der Waals surface area contributed by atoms with Gasteiger partial charge in [0.1, 0.15) is 11.5 Å². The first-order valence-corrected chi connectivity index (χ1v) is 14.9. The summed E-state index contributed by atoms with van der Waals surface area (Å²) in [4.78, 5) is 17.9. The number of ether oxygens (including phenoxy) is 2. The first-order valence-electron chi connectivity index (χ1n) is 14.0. The Hall–Kier alpha value is -5.25. The summed E-state index contributed by atoms with van der Waals surface area (Å²) in [5.41, 5.74) is -2.07. The van der Waals surface area contributed by atoms with Gasteiger partial charge in [-0.3, -0.25) is 5.32 Å². The predicted octanol–water partition coefficient (Wildman–Crippen LogP) is 9.93. The molecule has 256 valence electrons. The number of aromatic nitrogens is 1.